The summed E-state index contributed by atoms with van der Waals surface area (Å²) < 4.78 is 22.8. The van der Waals surface area contributed by atoms with Crippen LogP contribution in [0, 0.1) is 0 Å². The molecule has 38 heavy (non-hydrogen) atoms. The molecular formula is C28H57NO8P+. The molecule has 0 aromatic carbocycles. The molecule has 0 saturated carbocycles. The van der Waals surface area contributed by atoms with E-state index < -0.39 is 38.3 Å². The van der Waals surface area contributed by atoms with Crippen LogP contribution >= 0.6 is 7.60 Å². The molecule has 0 aliphatic rings. The summed E-state index contributed by atoms with van der Waals surface area (Å²) in [6.07, 6.45) is 17.6. The SMILES string of the molecule is CCCCCCCCCCC/C=C\CCCCC(=O)OC[C@@H](O)COP(=O)(O)C(C)[N+](C)(C)CCC(O)O. The summed E-state index contributed by atoms with van der Waals surface area (Å²) in [5.41, 5.74) is 0. The first kappa shape index (κ1) is 37.2. The minimum absolute atomic E-state index is 0.0327. The van der Waals surface area contributed by atoms with Crippen LogP contribution in [-0.4, -0.2) is 82.7 Å². The lowest BCUT2D eigenvalue weighted by Gasteiger charge is -2.37. The molecule has 3 atom stereocenters. The summed E-state index contributed by atoms with van der Waals surface area (Å²) in [7, 11) is -0.739. The first-order chi connectivity index (χ1) is 17.9. The van der Waals surface area contributed by atoms with Crippen molar-refractivity contribution in [2.24, 2.45) is 0 Å². The van der Waals surface area contributed by atoms with Gasteiger partial charge < -0.3 is 34.0 Å². The van der Waals surface area contributed by atoms with E-state index in [4.69, 9.17) is 19.5 Å². The fourth-order valence-corrected chi connectivity index (χ4v) is 5.49. The molecule has 0 bridgehead atoms. The molecular weight excluding hydrogens is 509 g/mol. The van der Waals surface area contributed by atoms with Crippen LogP contribution in [0.15, 0.2) is 12.2 Å². The molecule has 0 spiro atoms. The summed E-state index contributed by atoms with van der Waals surface area (Å²) in [6, 6.07) is 0. The molecule has 0 aromatic rings. The maximum atomic E-state index is 12.6. The second kappa shape index (κ2) is 22.0. The van der Waals surface area contributed by atoms with Crippen LogP contribution in [0.4, 0.5) is 0 Å². The van der Waals surface area contributed by atoms with Crippen molar-refractivity contribution in [1.29, 1.82) is 0 Å². The Bertz CT molecular complexity index is 671. The number of esters is 1. The van der Waals surface area contributed by atoms with Crippen molar-refractivity contribution < 1.29 is 43.3 Å². The Kier molecular flexibility index (Phi) is 21.5. The number of carbonyl (C=O) groups excluding carboxylic acids is 1. The van der Waals surface area contributed by atoms with Gasteiger partial charge in [-0.1, -0.05) is 70.4 Å². The number of ether oxygens (including phenoxy) is 1. The van der Waals surface area contributed by atoms with Crippen molar-refractivity contribution in [2.45, 2.75) is 128 Å². The Morgan fingerprint density at radius 1 is 0.868 bits per heavy atom. The summed E-state index contributed by atoms with van der Waals surface area (Å²) in [6.45, 7) is 3.28. The number of quaternary nitrogens is 1. The van der Waals surface area contributed by atoms with E-state index in [2.05, 4.69) is 19.1 Å². The maximum absolute atomic E-state index is 12.6. The zero-order chi connectivity index (χ0) is 28.9. The topological polar surface area (TPSA) is 134 Å². The largest absolute Gasteiger partial charge is 0.463 e. The second-order valence-electron chi connectivity index (χ2n) is 10.9. The van der Waals surface area contributed by atoms with Crippen LogP contribution in [0.1, 0.15) is 110 Å². The van der Waals surface area contributed by atoms with E-state index in [0.29, 0.717) is 6.42 Å². The van der Waals surface area contributed by atoms with Gasteiger partial charge in [-0.15, -0.1) is 0 Å². The van der Waals surface area contributed by atoms with Crippen molar-refractivity contribution in [3.63, 3.8) is 0 Å². The van der Waals surface area contributed by atoms with Crippen molar-refractivity contribution in [1.82, 2.24) is 0 Å². The number of hydrogen-bond donors (Lipinski definition) is 4. The third kappa shape index (κ3) is 20.2. The monoisotopic (exact) mass is 566 g/mol. The van der Waals surface area contributed by atoms with E-state index in [9.17, 15) is 19.4 Å². The Morgan fingerprint density at radius 3 is 1.95 bits per heavy atom. The Labute approximate surface area is 231 Å². The zero-order valence-corrected chi connectivity index (χ0v) is 25.3. The lowest BCUT2D eigenvalue weighted by atomic mass is 10.1. The minimum atomic E-state index is -4.11. The highest BCUT2D eigenvalue weighted by atomic mass is 31.2. The van der Waals surface area contributed by atoms with Gasteiger partial charge in [0.2, 0.25) is 0 Å². The summed E-state index contributed by atoms with van der Waals surface area (Å²) in [5.74, 6) is -1.27. The number of aliphatic hydroxyl groups is 3. The van der Waals surface area contributed by atoms with Gasteiger partial charge in [0.15, 0.2) is 12.1 Å². The summed E-state index contributed by atoms with van der Waals surface area (Å²) in [4.78, 5) is 22.2. The smallest absolute Gasteiger partial charge is 0.384 e. The van der Waals surface area contributed by atoms with Crippen LogP contribution in [0.3, 0.4) is 0 Å². The Hall–Kier alpha value is -0.800. The molecule has 0 aliphatic heterocycles. The zero-order valence-electron chi connectivity index (χ0n) is 24.4. The van der Waals surface area contributed by atoms with Crippen molar-refractivity contribution in [3.05, 3.63) is 12.2 Å². The van der Waals surface area contributed by atoms with Crippen LogP contribution in [0.5, 0.6) is 0 Å². The summed E-state index contributed by atoms with van der Waals surface area (Å²) in [5, 5.41) is 28.1. The van der Waals surface area contributed by atoms with Crippen molar-refractivity contribution in [3.8, 4) is 0 Å². The van der Waals surface area contributed by atoms with Crippen LogP contribution < -0.4 is 0 Å². The summed E-state index contributed by atoms with van der Waals surface area (Å²) >= 11 is 0. The quantitative estimate of drug-likeness (QED) is 0.0294. The predicted octanol–water partition coefficient (Wildman–Crippen LogP) is 5.25. The molecule has 0 rings (SSSR count). The highest BCUT2D eigenvalue weighted by Crippen LogP contribution is 2.50. The molecule has 226 valence electrons. The molecule has 0 amide bonds. The van der Waals surface area contributed by atoms with Gasteiger partial charge in [0, 0.05) is 12.8 Å². The first-order valence-electron chi connectivity index (χ1n) is 14.6. The van der Waals surface area contributed by atoms with E-state index in [1.165, 1.54) is 64.7 Å². The Balaban J connectivity index is 3.87. The molecule has 4 N–H and O–H groups in total. The second-order valence-corrected chi connectivity index (χ2v) is 13.1. The average molecular weight is 567 g/mol. The van der Waals surface area contributed by atoms with E-state index >= 15 is 0 Å². The Morgan fingerprint density at radius 2 is 1.39 bits per heavy atom. The molecule has 0 aliphatic carbocycles. The van der Waals surface area contributed by atoms with Gasteiger partial charge in [0.1, 0.15) is 12.7 Å². The minimum Gasteiger partial charge on any atom is -0.463 e. The van der Waals surface area contributed by atoms with Crippen LogP contribution in [0.2, 0.25) is 0 Å². The van der Waals surface area contributed by atoms with Gasteiger partial charge in [-0.3, -0.25) is 9.36 Å². The number of unbranched alkanes of at least 4 members (excludes halogenated alkanes) is 11. The van der Waals surface area contributed by atoms with Crippen LogP contribution in [0.25, 0.3) is 0 Å². The molecule has 0 fully saturated rings. The lowest BCUT2D eigenvalue weighted by Crippen LogP contribution is -2.48. The fourth-order valence-electron chi connectivity index (χ4n) is 3.98. The lowest BCUT2D eigenvalue weighted by molar-refractivity contribution is -0.901. The van der Waals surface area contributed by atoms with E-state index in [0.717, 1.165) is 19.3 Å². The highest BCUT2D eigenvalue weighted by Gasteiger charge is 2.41. The van der Waals surface area contributed by atoms with E-state index in [1.807, 2.05) is 0 Å². The predicted molar refractivity (Wildman–Crippen MR) is 151 cm³/mol. The third-order valence-electron chi connectivity index (χ3n) is 6.98. The third-order valence-corrected chi connectivity index (χ3v) is 9.07. The van der Waals surface area contributed by atoms with Crippen LogP contribution in [-0.2, 0) is 18.6 Å². The number of carbonyl (C=O) groups is 1. The normalized spacial score (nSPS) is 15.6. The number of allylic oxidation sites excluding steroid dienone is 2. The van der Waals surface area contributed by atoms with E-state index in [1.54, 1.807) is 14.1 Å². The van der Waals surface area contributed by atoms with Crippen molar-refractivity contribution >= 4 is 13.6 Å². The number of rotatable bonds is 25. The van der Waals surface area contributed by atoms with Gasteiger partial charge >= 0.3 is 13.6 Å². The molecule has 2 unspecified atom stereocenters. The number of hydrogen-bond acceptors (Lipinski definition) is 7. The average Bonchev–Trinajstić information content (AvgIpc) is 2.86. The van der Waals surface area contributed by atoms with Crippen molar-refractivity contribution in [2.75, 3.05) is 33.9 Å². The molecule has 0 heterocycles. The van der Waals surface area contributed by atoms with Gasteiger partial charge in [0.05, 0.1) is 27.2 Å². The highest BCUT2D eigenvalue weighted by molar-refractivity contribution is 7.53. The molecule has 0 saturated heterocycles. The standard InChI is InChI=1S/C28H56NO8P/c1-5-6-7-8-9-10-11-12-13-14-15-16-17-18-19-20-28(33)36-23-26(30)24-37-38(34,35)25(2)29(3,4)22-21-27(31)32/h15-16,25-27,30-32H,5-14,17-24H2,1-4H3/p+1/b16-15-/t25?,26-/m1/s1. The molecule has 9 nitrogen and oxygen atoms in total. The first-order valence-corrected chi connectivity index (χ1v) is 16.2. The maximum Gasteiger partial charge on any atom is 0.384 e. The van der Waals surface area contributed by atoms with Gasteiger partial charge in [0.25, 0.3) is 0 Å². The van der Waals surface area contributed by atoms with Gasteiger partial charge in [-0.2, -0.15) is 0 Å². The van der Waals surface area contributed by atoms with E-state index in [-0.39, 0.29) is 30.5 Å². The molecule has 0 aromatic heterocycles. The van der Waals surface area contributed by atoms with Gasteiger partial charge in [-0.25, -0.2) is 0 Å². The molecule has 0 radical (unpaired) electrons. The van der Waals surface area contributed by atoms with Gasteiger partial charge in [-0.05, 0) is 39.0 Å². The number of nitrogens with zero attached hydrogens (tertiary/aromatic N) is 1. The molecule has 10 heteroatoms. The fraction of sp³-hybridized carbons (Fsp3) is 0.893. The number of aliphatic hydroxyl groups excluding tert-OH is 2.